The highest BCUT2D eigenvalue weighted by molar-refractivity contribution is 6.31. The van der Waals surface area contributed by atoms with Gasteiger partial charge in [-0.15, -0.1) is 0 Å². The highest BCUT2D eigenvalue weighted by Crippen LogP contribution is 2.20. The van der Waals surface area contributed by atoms with Crippen LogP contribution in [0.25, 0.3) is 10.9 Å². The SMILES string of the molecule is O=C(NCc1[nH]nc2ccc(Cl)cc12)c1cccc(Cc2ccc(Cn3ccccc3=O)cc2)c1. The van der Waals surface area contributed by atoms with Gasteiger partial charge in [0.15, 0.2) is 0 Å². The number of pyridine rings is 1. The number of H-pyrrole nitrogens is 1. The fourth-order valence-corrected chi connectivity index (χ4v) is 4.22. The molecule has 5 rings (SSSR count). The Balaban J connectivity index is 1.23. The van der Waals surface area contributed by atoms with E-state index in [9.17, 15) is 9.59 Å². The van der Waals surface area contributed by atoms with Crippen LogP contribution in [0.4, 0.5) is 0 Å². The van der Waals surface area contributed by atoms with Crippen molar-refractivity contribution in [3.8, 4) is 0 Å². The molecule has 0 atom stereocenters. The highest BCUT2D eigenvalue weighted by Gasteiger charge is 2.10. The van der Waals surface area contributed by atoms with E-state index in [1.54, 1.807) is 29.0 Å². The minimum atomic E-state index is -0.153. The summed E-state index contributed by atoms with van der Waals surface area (Å²) in [5.74, 6) is -0.153. The lowest BCUT2D eigenvalue weighted by Crippen LogP contribution is -2.23. The van der Waals surface area contributed by atoms with Crippen LogP contribution < -0.4 is 10.9 Å². The smallest absolute Gasteiger partial charge is 0.251 e. The molecule has 0 radical (unpaired) electrons. The van der Waals surface area contributed by atoms with Crippen molar-refractivity contribution in [2.24, 2.45) is 0 Å². The summed E-state index contributed by atoms with van der Waals surface area (Å²) < 4.78 is 1.68. The van der Waals surface area contributed by atoms with Crippen LogP contribution in [0, 0.1) is 0 Å². The molecular weight excluding hydrogens is 460 g/mol. The van der Waals surface area contributed by atoms with Gasteiger partial charge in [0.25, 0.3) is 11.5 Å². The molecular formula is C28H23ClN4O2. The van der Waals surface area contributed by atoms with Gasteiger partial charge in [-0.3, -0.25) is 14.7 Å². The molecule has 0 saturated carbocycles. The number of hydrogen-bond acceptors (Lipinski definition) is 3. The molecule has 0 fully saturated rings. The quantitative estimate of drug-likeness (QED) is 0.344. The number of hydrogen-bond donors (Lipinski definition) is 2. The van der Waals surface area contributed by atoms with E-state index in [2.05, 4.69) is 27.6 Å². The lowest BCUT2D eigenvalue weighted by Gasteiger charge is -2.09. The van der Waals surface area contributed by atoms with E-state index >= 15 is 0 Å². The van der Waals surface area contributed by atoms with Gasteiger partial charge in [0.1, 0.15) is 0 Å². The molecule has 2 N–H and O–H groups in total. The third-order valence-electron chi connectivity index (χ3n) is 5.89. The first-order valence-corrected chi connectivity index (χ1v) is 11.7. The lowest BCUT2D eigenvalue weighted by atomic mass is 10.0. The molecule has 6 nitrogen and oxygen atoms in total. The Labute approximate surface area is 207 Å². The molecule has 3 aromatic carbocycles. The van der Waals surface area contributed by atoms with Gasteiger partial charge in [0, 0.05) is 28.2 Å². The van der Waals surface area contributed by atoms with Gasteiger partial charge >= 0.3 is 0 Å². The van der Waals surface area contributed by atoms with Gasteiger partial charge in [-0.25, -0.2) is 0 Å². The van der Waals surface area contributed by atoms with Crippen molar-refractivity contribution < 1.29 is 4.79 Å². The van der Waals surface area contributed by atoms with E-state index in [1.165, 1.54) is 0 Å². The summed E-state index contributed by atoms with van der Waals surface area (Å²) >= 11 is 6.10. The van der Waals surface area contributed by atoms with Crippen LogP contribution in [0.3, 0.4) is 0 Å². The van der Waals surface area contributed by atoms with Crippen LogP contribution in [-0.4, -0.2) is 20.7 Å². The number of aromatic amines is 1. The number of carbonyl (C=O) groups is 1. The summed E-state index contributed by atoms with van der Waals surface area (Å²) in [5, 5.41) is 11.7. The minimum Gasteiger partial charge on any atom is -0.346 e. The van der Waals surface area contributed by atoms with E-state index < -0.39 is 0 Å². The summed E-state index contributed by atoms with van der Waals surface area (Å²) in [6.45, 7) is 0.860. The molecule has 7 heteroatoms. The minimum absolute atomic E-state index is 0.0174. The van der Waals surface area contributed by atoms with Crippen molar-refractivity contribution in [3.05, 3.63) is 134 Å². The summed E-state index contributed by atoms with van der Waals surface area (Å²) in [6, 6.07) is 26.4. The van der Waals surface area contributed by atoms with Crippen LogP contribution in [0.15, 0.2) is 95.9 Å². The first-order chi connectivity index (χ1) is 17.0. The zero-order valence-electron chi connectivity index (χ0n) is 18.9. The molecule has 1 amide bonds. The first kappa shape index (κ1) is 22.6. The molecule has 174 valence electrons. The molecule has 0 aliphatic rings. The van der Waals surface area contributed by atoms with Crippen molar-refractivity contribution in [2.45, 2.75) is 19.5 Å². The Morgan fingerprint density at radius 3 is 2.57 bits per heavy atom. The first-order valence-electron chi connectivity index (χ1n) is 11.3. The van der Waals surface area contributed by atoms with Crippen LogP contribution >= 0.6 is 11.6 Å². The second-order valence-electron chi connectivity index (χ2n) is 8.41. The van der Waals surface area contributed by atoms with Gasteiger partial charge in [-0.1, -0.05) is 54.1 Å². The number of carbonyl (C=O) groups excluding carboxylic acids is 1. The monoisotopic (exact) mass is 482 g/mol. The van der Waals surface area contributed by atoms with Crippen LogP contribution in [0.1, 0.15) is 32.7 Å². The molecule has 2 aromatic heterocycles. The maximum Gasteiger partial charge on any atom is 0.251 e. The standard InChI is InChI=1S/C28H23ClN4O2/c29-23-11-12-25-24(16-23)26(32-31-25)17-30-28(35)22-5-3-4-21(15-22)14-19-7-9-20(10-8-19)18-33-13-2-1-6-27(33)34/h1-13,15-16H,14,17-18H2,(H,30,35)(H,31,32). The van der Waals surface area contributed by atoms with Gasteiger partial charge < -0.3 is 9.88 Å². The van der Waals surface area contributed by atoms with Crippen LogP contribution in [-0.2, 0) is 19.5 Å². The number of aromatic nitrogens is 3. The van der Waals surface area contributed by atoms with E-state index in [4.69, 9.17) is 11.6 Å². The molecule has 0 spiro atoms. The zero-order valence-corrected chi connectivity index (χ0v) is 19.6. The van der Waals surface area contributed by atoms with Crippen molar-refractivity contribution in [1.82, 2.24) is 20.1 Å². The third-order valence-corrected chi connectivity index (χ3v) is 6.13. The summed E-state index contributed by atoms with van der Waals surface area (Å²) in [5.41, 5.74) is 5.44. The Hall–Kier alpha value is -4.16. The predicted molar refractivity (Wildman–Crippen MR) is 138 cm³/mol. The Morgan fingerprint density at radius 2 is 1.74 bits per heavy atom. The number of halogens is 1. The fraction of sp³-hybridized carbons (Fsp3) is 0.107. The van der Waals surface area contributed by atoms with Gasteiger partial charge in [-0.2, -0.15) is 5.10 Å². The highest BCUT2D eigenvalue weighted by atomic mass is 35.5. The largest absolute Gasteiger partial charge is 0.346 e. The third kappa shape index (κ3) is 5.34. The number of rotatable bonds is 7. The van der Waals surface area contributed by atoms with Gasteiger partial charge in [0.2, 0.25) is 0 Å². The van der Waals surface area contributed by atoms with Crippen molar-refractivity contribution in [3.63, 3.8) is 0 Å². The maximum absolute atomic E-state index is 12.8. The van der Waals surface area contributed by atoms with E-state index in [0.29, 0.717) is 30.1 Å². The number of nitrogens with one attached hydrogen (secondary N) is 2. The topological polar surface area (TPSA) is 79.8 Å². The van der Waals surface area contributed by atoms with Gasteiger partial charge in [0.05, 0.1) is 24.3 Å². The van der Waals surface area contributed by atoms with Gasteiger partial charge in [-0.05, 0) is 59.5 Å². The predicted octanol–water partition coefficient (Wildman–Crippen LogP) is 4.95. The van der Waals surface area contributed by atoms with Crippen molar-refractivity contribution >= 4 is 28.4 Å². The molecule has 0 saturated heterocycles. The van der Waals surface area contributed by atoms with Crippen molar-refractivity contribution in [1.29, 1.82) is 0 Å². The Bertz CT molecular complexity index is 1550. The van der Waals surface area contributed by atoms with Crippen molar-refractivity contribution in [2.75, 3.05) is 0 Å². The molecule has 0 bridgehead atoms. The van der Waals surface area contributed by atoms with Crippen LogP contribution in [0.2, 0.25) is 5.02 Å². The molecule has 0 aliphatic heterocycles. The summed E-state index contributed by atoms with van der Waals surface area (Å²) in [4.78, 5) is 24.7. The summed E-state index contributed by atoms with van der Waals surface area (Å²) in [7, 11) is 0. The van der Waals surface area contributed by atoms with E-state index in [-0.39, 0.29) is 11.5 Å². The second kappa shape index (κ2) is 9.99. The van der Waals surface area contributed by atoms with Crippen LogP contribution in [0.5, 0.6) is 0 Å². The number of benzene rings is 3. The molecule has 2 heterocycles. The normalized spacial score (nSPS) is 11.0. The Morgan fingerprint density at radius 1 is 0.914 bits per heavy atom. The average Bonchev–Trinajstić information content (AvgIpc) is 3.27. The molecule has 35 heavy (non-hydrogen) atoms. The van der Waals surface area contributed by atoms with E-state index in [1.807, 2.05) is 54.6 Å². The second-order valence-corrected chi connectivity index (χ2v) is 8.84. The number of amides is 1. The lowest BCUT2D eigenvalue weighted by molar-refractivity contribution is 0.0950. The number of fused-ring (bicyclic) bond motifs is 1. The number of nitrogens with zero attached hydrogens (tertiary/aromatic N) is 2. The maximum atomic E-state index is 12.8. The summed E-state index contributed by atoms with van der Waals surface area (Å²) in [6.07, 6.45) is 2.49. The molecule has 5 aromatic rings. The molecule has 0 unspecified atom stereocenters. The average molecular weight is 483 g/mol. The fourth-order valence-electron chi connectivity index (χ4n) is 4.05. The van der Waals surface area contributed by atoms with E-state index in [0.717, 1.165) is 33.3 Å². The molecule has 0 aliphatic carbocycles. The Kier molecular flexibility index (Phi) is 6.46. The zero-order chi connectivity index (χ0) is 24.2.